The Bertz CT molecular complexity index is 797. The maximum Gasteiger partial charge on any atom is 0.339 e. The number of nitrogens with one attached hydrogen (secondary N) is 2. The van der Waals surface area contributed by atoms with Gasteiger partial charge in [-0.15, -0.1) is 0 Å². The highest BCUT2D eigenvalue weighted by Gasteiger charge is 2.13. The monoisotopic (exact) mass is 360 g/mol. The molecular formula is C19H24N2O5. The van der Waals surface area contributed by atoms with Gasteiger partial charge in [-0.2, -0.15) is 0 Å². The highest BCUT2D eigenvalue weighted by Crippen LogP contribution is 2.16. The number of esters is 2. The molecule has 0 spiro atoms. The van der Waals surface area contributed by atoms with Crippen LogP contribution in [0, 0.1) is 0 Å². The van der Waals surface area contributed by atoms with E-state index in [1.54, 1.807) is 55.5 Å². The predicted molar refractivity (Wildman–Crippen MR) is 100 cm³/mol. The molecule has 0 aliphatic rings. The van der Waals surface area contributed by atoms with Gasteiger partial charge >= 0.3 is 18.0 Å². The van der Waals surface area contributed by atoms with Crippen molar-refractivity contribution in [3.63, 3.8) is 0 Å². The minimum atomic E-state index is -0.532. The first kappa shape index (κ1) is 19.0. The average Bonchev–Trinajstić information content (AvgIpc) is 2.67. The summed E-state index contributed by atoms with van der Waals surface area (Å²) in [4.78, 5) is 35.4. The minimum absolute atomic E-state index is 0. The molecular weight excluding hydrogens is 336 g/mol. The first-order valence-electron chi connectivity index (χ1n) is 8.03. The van der Waals surface area contributed by atoms with Gasteiger partial charge in [-0.05, 0) is 36.8 Å². The van der Waals surface area contributed by atoms with Crippen LogP contribution in [-0.4, -0.2) is 31.7 Å². The average molecular weight is 360 g/mol. The van der Waals surface area contributed by atoms with Crippen molar-refractivity contribution in [1.82, 2.24) is 5.32 Å². The van der Waals surface area contributed by atoms with Crippen molar-refractivity contribution < 1.29 is 26.7 Å². The van der Waals surface area contributed by atoms with Crippen molar-refractivity contribution in [1.29, 1.82) is 0 Å². The molecule has 0 saturated heterocycles. The zero-order valence-corrected chi connectivity index (χ0v) is 14.6. The fourth-order valence-electron chi connectivity index (χ4n) is 2.20. The summed E-state index contributed by atoms with van der Waals surface area (Å²) in [6, 6.07) is 12.8. The van der Waals surface area contributed by atoms with E-state index in [1.807, 2.05) is 0 Å². The number of hydrogen-bond acceptors (Lipinski definition) is 5. The lowest BCUT2D eigenvalue weighted by Crippen LogP contribution is -2.29. The van der Waals surface area contributed by atoms with Gasteiger partial charge in [-0.25, -0.2) is 14.4 Å². The van der Waals surface area contributed by atoms with Crippen molar-refractivity contribution in [2.75, 3.05) is 19.0 Å². The molecule has 0 unspecified atom stereocenters. The number of carbonyl (C=O) groups excluding carboxylic acids is 3. The molecule has 0 aromatic heterocycles. The van der Waals surface area contributed by atoms with E-state index in [0.717, 1.165) is 5.56 Å². The van der Waals surface area contributed by atoms with Crippen molar-refractivity contribution in [2.45, 2.75) is 13.5 Å². The molecule has 0 saturated carbocycles. The third-order valence-corrected chi connectivity index (χ3v) is 3.50. The van der Waals surface area contributed by atoms with Crippen LogP contribution in [0.25, 0.3) is 0 Å². The summed E-state index contributed by atoms with van der Waals surface area (Å²) in [7, 11) is 1.28. The van der Waals surface area contributed by atoms with Crippen LogP contribution in [0.4, 0.5) is 10.5 Å². The summed E-state index contributed by atoms with van der Waals surface area (Å²) in [6.45, 7) is 2.32. The lowest BCUT2D eigenvalue weighted by atomic mass is 10.1. The molecule has 2 N–H and O–H groups in total. The number of carbonyl (C=O) groups is 3. The number of benzene rings is 2. The molecule has 0 radical (unpaired) electrons. The Kier molecular flexibility index (Phi) is 6.73. The van der Waals surface area contributed by atoms with Crippen LogP contribution in [0.1, 0.15) is 36.1 Å². The first-order chi connectivity index (χ1) is 12.5. The summed E-state index contributed by atoms with van der Waals surface area (Å²) in [5.41, 5.74) is 1.89. The number of urea groups is 1. The van der Waals surface area contributed by atoms with E-state index in [1.165, 1.54) is 7.11 Å². The van der Waals surface area contributed by atoms with Crippen LogP contribution >= 0.6 is 0 Å². The number of anilines is 1. The second-order valence-electron chi connectivity index (χ2n) is 5.26. The number of ether oxygens (including phenoxy) is 2. The molecule has 2 aromatic rings. The molecule has 0 heterocycles. The largest absolute Gasteiger partial charge is 0.465 e. The SMILES string of the molecule is CCOC(=O)c1ccc(CNC(=O)Nc2ccccc2C(=O)OC)cc1.[HH].[HH]. The lowest BCUT2D eigenvalue weighted by Gasteiger charge is -2.11. The molecule has 7 nitrogen and oxygen atoms in total. The highest BCUT2D eigenvalue weighted by molar-refractivity contribution is 6.00. The van der Waals surface area contributed by atoms with Gasteiger partial charge < -0.3 is 20.1 Å². The quantitative estimate of drug-likeness (QED) is 0.770. The Morgan fingerprint density at radius 2 is 1.69 bits per heavy atom. The van der Waals surface area contributed by atoms with Crippen molar-refractivity contribution >= 4 is 23.7 Å². The van der Waals surface area contributed by atoms with Gasteiger partial charge in [0.05, 0.1) is 30.5 Å². The van der Waals surface area contributed by atoms with Crippen molar-refractivity contribution in [3.05, 3.63) is 65.2 Å². The van der Waals surface area contributed by atoms with Gasteiger partial charge in [0, 0.05) is 9.40 Å². The number of hydrogen-bond donors (Lipinski definition) is 2. The number of para-hydroxylation sites is 1. The number of methoxy groups -OCH3 is 1. The second-order valence-corrected chi connectivity index (χ2v) is 5.26. The summed E-state index contributed by atoms with van der Waals surface area (Å²) in [5.74, 6) is -0.917. The molecule has 26 heavy (non-hydrogen) atoms. The Morgan fingerprint density at radius 1 is 1.00 bits per heavy atom. The summed E-state index contributed by atoms with van der Waals surface area (Å²) in [5, 5.41) is 5.30. The normalized spacial score (nSPS) is 9.92. The van der Waals surface area contributed by atoms with Crippen LogP contribution in [0.3, 0.4) is 0 Å². The smallest absolute Gasteiger partial charge is 0.339 e. The Balaban J connectivity index is 0.00000364. The van der Waals surface area contributed by atoms with Gasteiger partial charge in [0.2, 0.25) is 0 Å². The summed E-state index contributed by atoms with van der Waals surface area (Å²) >= 11 is 0. The highest BCUT2D eigenvalue weighted by atomic mass is 16.5. The minimum Gasteiger partial charge on any atom is -0.465 e. The van der Waals surface area contributed by atoms with Crippen LogP contribution in [0.5, 0.6) is 0 Å². The Hall–Kier alpha value is -3.35. The van der Waals surface area contributed by atoms with Gasteiger partial charge in [0.15, 0.2) is 0 Å². The molecule has 2 aromatic carbocycles. The molecule has 0 aliphatic carbocycles. The third-order valence-electron chi connectivity index (χ3n) is 3.50. The van der Waals surface area contributed by atoms with Crippen LogP contribution < -0.4 is 10.6 Å². The summed E-state index contributed by atoms with van der Waals surface area (Å²) in [6.07, 6.45) is 0. The number of amides is 2. The van der Waals surface area contributed by atoms with E-state index >= 15 is 0 Å². The lowest BCUT2D eigenvalue weighted by molar-refractivity contribution is 0.0525. The topological polar surface area (TPSA) is 93.7 Å². The fraction of sp³-hybridized carbons (Fsp3) is 0.211. The van der Waals surface area contributed by atoms with Crippen molar-refractivity contribution in [3.8, 4) is 0 Å². The zero-order valence-electron chi connectivity index (χ0n) is 14.6. The van der Waals surface area contributed by atoms with Gasteiger partial charge in [-0.1, -0.05) is 24.3 Å². The molecule has 140 valence electrons. The first-order valence-corrected chi connectivity index (χ1v) is 8.03. The van der Waals surface area contributed by atoms with E-state index in [0.29, 0.717) is 17.9 Å². The van der Waals surface area contributed by atoms with E-state index < -0.39 is 12.0 Å². The van der Waals surface area contributed by atoms with Crippen LogP contribution in [0.15, 0.2) is 48.5 Å². The van der Waals surface area contributed by atoms with E-state index in [2.05, 4.69) is 15.4 Å². The molecule has 7 heteroatoms. The Morgan fingerprint density at radius 3 is 2.35 bits per heavy atom. The molecule has 0 bridgehead atoms. The third kappa shape index (κ3) is 5.07. The fourth-order valence-corrected chi connectivity index (χ4v) is 2.20. The molecule has 0 aliphatic heterocycles. The number of rotatable bonds is 6. The maximum absolute atomic E-state index is 12.1. The van der Waals surface area contributed by atoms with Crippen molar-refractivity contribution in [2.24, 2.45) is 0 Å². The molecule has 2 amide bonds. The second kappa shape index (κ2) is 9.22. The molecule has 2 rings (SSSR count). The van der Waals surface area contributed by atoms with E-state index in [9.17, 15) is 14.4 Å². The zero-order chi connectivity index (χ0) is 18.9. The van der Waals surface area contributed by atoms with Gasteiger partial charge in [0.1, 0.15) is 0 Å². The standard InChI is InChI=1S/C19H20N2O5.2H2/c1-3-26-17(22)14-10-8-13(9-11-14)12-20-19(24)21-16-7-5-4-6-15(16)18(23)25-2;;/h4-11H,3,12H2,1-2H3,(H2,20,21,24);2*1H. The predicted octanol–water partition coefficient (Wildman–Crippen LogP) is 3.46. The van der Waals surface area contributed by atoms with Crippen LogP contribution in [0.2, 0.25) is 0 Å². The molecule has 0 atom stereocenters. The summed E-state index contributed by atoms with van der Waals surface area (Å²) < 4.78 is 9.60. The molecule has 0 fully saturated rings. The van der Waals surface area contributed by atoms with Gasteiger partial charge in [-0.3, -0.25) is 0 Å². The van der Waals surface area contributed by atoms with E-state index in [4.69, 9.17) is 4.74 Å². The Labute approximate surface area is 154 Å². The van der Waals surface area contributed by atoms with Gasteiger partial charge in [0.25, 0.3) is 0 Å². The van der Waals surface area contributed by atoms with E-state index in [-0.39, 0.29) is 20.9 Å². The van der Waals surface area contributed by atoms with Crippen LogP contribution in [-0.2, 0) is 16.0 Å². The maximum atomic E-state index is 12.1.